The van der Waals surface area contributed by atoms with Gasteiger partial charge in [0.1, 0.15) is 0 Å². The van der Waals surface area contributed by atoms with E-state index in [1.54, 1.807) is 0 Å². The van der Waals surface area contributed by atoms with Crippen molar-refractivity contribution in [2.24, 2.45) is 0 Å². The van der Waals surface area contributed by atoms with Gasteiger partial charge >= 0.3 is 0 Å². The third-order valence-corrected chi connectivity index (χ3v) is 3.80. The van der Waals surface area contributed by atoms with E-state index < -0.39 is 0 Å². The molecule has 1 aromatic carbocycles. The molecule has 0 unspecified atom stereocenters. The molecule has 0 spiro atoms. The third-order valence-electron chi connectivity index (χ3n) is 3.39. The van der Waals surface area contributed by atoms with E-state index in [0.717, 1.165) is 30.0 Å². The number of hydrogen-bond donors (Lipinski definition) is 1. The summed E-state index contributed by atoms with van der Waals surface area (Å²) in [5.41, 5.74) is 2.69. The molecule has 1 aliphatic rings. The quantitative estimate of drug-likeness (QED) is 0.887. The Labute approximate surface area is 122 Å². The number of rotatable bonds is 6. The van der Waals surface area contributed by atoms with Crippen LogP contribution in [0.3, 0.4) is 0 Å². The van der Waals surface area contributed by atoms with E-state index >= 15 is 0 Å². The molecule has 1 saturated carbocycles. The summed E-state index contributed by atoms with van der Waals surface area (Å²) in [6, 6.07) is 9.65. The minimum Gasteiger partial charge on any atom is -0.314 e. The largest absolute Gasteiger partial charge is 0.314 e. The molecule has 1 N–H and O–H groups in total. The molecule has 0 aliphatic heterocycles. The standard InChI is InChI=1S/C15H18BrN3/c16-14-9-18-19(11-14)10-13-3-1-12(2-4-13)7-8-17-15-5-6-15/h1-4,9,11,15,17H,5-8,10H2. The van der Waals surface area contributed by atoms with E-state index in [-0.39, 0.29) is 0 Å². The van der Waals surface area contributed by atoms with Crippen molar-refractivity contribution in [3.8, 4) is 0 Å². The van der Waals surface area contributed by atoms with Gasteiger partial charge in [-0.25, -0.2) is 0 Å². The van der Waals surface area contributed by atoms with Crippen LogP contribution in [0.15, 0.2) is 41.1 Å². The zero-order chi connectivity index (χ0) is 13.1. The lowest BCUT2D eigenvalue weighted by molar-refractivity contribution is 0.678. The lowest BCUT2D eigenvalue weighted by Crippen LogP contribution is -2.19. The van der Waals surface area contributed by atoms with Crippen molar-refractivity contribution in [1.29, 1.82) is 0 Å². The first-order valence-corrected chi connectivity index (χ1v) is 7.58. The van der Waals surface area contributed by atoms with Gasteiger partial charge in [0.15, 0.2) is 0 Å². The summed E-state index contributed by atoms with van der Waals surface area (Å²) in [7, 11) is 0. The lowest BCUT2D eigenvalue weighted by atomic mass is 10.1. The minimum atomic E-state index is 0.803. The van der Waals surface area contributed by atoms with Crippen LogP contribution in [0.1, 0.15) is 24.0 Å². The van der Waals surface area contributed by atoms with E-state index in [4.69, 9.17) is 0 Å². The van der Waals surface area contributed by atoms with E-state index in [0.29, 0.717) is 0 Å². The molecule has 0 bridgehead atoms. The molecular formula is C15H18BrN3. The average Bonchev–Trinajstić information content (AvgIpc) is 3.14. The minimum absolute atomic E-state index is 0.803. The zero-order valence-electron chi connectivity index (χ0n) is 10.8. The highest BCUT2D eigenvalue weighted by molar-refractivity contribution is 9.10. The van der Waals surface area contributed by atoms with Gasteiger partial charge < -0.3 is 5.32 Å². The maximum absolute atomic E-state index is 4.27. The summed E-state index contributed by atoms with van der Waals surface area (Å²) in [5.74, 6) is 0. The van der Waals surface area contributed by atoms with Crippen LogP contribution in [0.2, 0.25) is 0 Å². The number of nitrogens with zero attached hydrogens (tertiary/aromatic N) is 2. The molecule has 0 amide bonds. The molecule has 2 aromatic rings. The molecule has 0 saturated heterocycles. The van der Waals surface area contributed by atoms with Crippen LogP contribution in [-0.4, -0.2) is 22.4 Å². The second-order valence-electron chi connectivity index (χ2n) is 5.15. The Kier molecular flexibility index (Phi) is 3.99. The highest BCUT2D eigenvalue weighted by Gasteiger charge is 2.19. The number of benzene rings is 1. The van der Waals surface area contributed by atoms with Crippen LogP contribution in [0, 0.1) is 0 Å². The van der Waals surface area contributed by atoms with Crippen molar-refractivity contribution < 1.29 is 0 Å². The maximum atomic E-state index is 4.27. The number of hydrogen-bond acceptors (Lipinski definition) is 2. The number of halogens is 1. The van der Waals surface area contributed by atoms with Crippen molar-refractivity contribution in [3.63, 3.8) is 0 Å². The van der Waals surface area contributed by atoms with Crippen molar-refractivity contribution in [2.45, 2.75) is 31.8 Å². The molecule has 1 aromatic heterocycles. The molecule has 1 heterocycles. The first kappa shape index (κ1) is 12.9. The van der Waals surface area contributed by atoms with Crippen LogP contribution in [0.5, 0.6) is 0 Å². The highest BCUT2D eigenvalue weighted by Crippen LogP contribution is 2.18. The van der Waals surface area contributed by atoms with Gasteiger partial charge in [-0.05, 0) is 52.9 Å². The molecular weight excluding hydrogens is 302 g/mol. The fourth-order valence-electron chi connectivity index (χ4n) is 2.13. The van der Waals surface area contributed by atoms with Crippen molar-refractivity contribution in [1.82, 2.24) is 15.1 Å². The van der Waals surface area contributed by atoms with Gasteiger partial charge in [0.25, 0.3) is 0 Å². The normalized spacial score (nSPS) is 14.8. The summed E-state index contributed by atoms with van der Waals surface area (Å²) in [6.07, 6.45) is 7.65. The SMILES string of the molecule is Brc1cnn(Cc2ccc(CCNC3CC3)cc2)c1. The Balaban J connectivity index is 1.52. The van der Waals surface area contributed by atoms with E-state index in [9.17, 15) is 0 Å². The topological polar surface area (TPSA) is 29.9 Å². The predicted octanol–water partition coefficient (Wildman–Crippen LogP) is 2.99. The van der Waals surface area contributed by atoms with Gasteiger partial charge in [-0.1, -0.05) is 24.3 Å². The van der Waals surface area contributed by atoms with Crippen LogP contribution in [0.4, 0.5) is 0 Å². The van der Waals surface area contributed by atoms with Crippen LogP contribution in [-0.2, 0) is 13.0 Å². The molecule has 3 nitrogen and oxygen atoms in total. The zero-order valence-corrected chi connectivity index (χ0v) is 12.4. The Morgan fingerprint density at radius 1 is 1.21 bits per heavy atom. The molecule has 4 heteroatoms. The van der Waals surface area contributed by atoms with Crippen LogP contribution >= 0.6 is 15.9 Å². The maximum Gasteiger partial charge on any atom is 0.0659 e. The van der Waals surface area contributed by atoms with E-state index in [1.165, 1.54) is 24.0 Å². The molecule has 3 rings (SSSR count). The monoisotopic (exact) mass is 319 g/mol. The third kappa shape index (κ3) is 3.91. The second kappa shape index (κ2) is 5.88. The summed E-state index contributed by atoms with van der Waals surface area (Å²) >= 11 is 3.41. The van der Waals surface area contributed by atoms with Gasteiger partial charge in [0, 0.05) is 12.2 Å². The van der Waals surface area contributed by atoms with Crippen molar-refractivity contribution in [2.75, 3.05) is 6.54 Å². The predicted molar refractivity (Wildman–Crippen MR) is 80.2 cm³/mol. The highest BCUT2D eigenvalue weighted by atomic mass is 79.9. The number of nitrogens with one attached hydrogen (secondary N) is 1. The van der Waals surface area contributed by atoms with Gasteiger partial charge in [0.2, 0.25) is 0 Å². The Morgan fingerprint density at radius 2 is 1.95 bits per heavy atom. The lowest BCUT2D eigenvalue weighted by Gasteiger charge is -2.05. The molecule has 1 aliphatic carbocycles. The molecule has 0 radical (unpaired) electrons. The van der Waals surface area contributed by atoms with Crippen LogP contribution in [0.25, 0.3) is 0 Å². The first-order valence-electron chi connectivity index (χ1n) is 6.79. The molecule has 0 atom stereocenters. The van der Waals surface area contributed by atoms with Gasteiger partial charge in [-0.2, -0.15) is 5.10 Å². The van der Waals surface area contributed by atoms with E-state index in [2.05, 4.69) is 50.6 Å². The van der Waals surface area contributed by atoms with Crippen molar-refractivity contribution in [3.05, 3.63) is 52.3 Å². The van der Waals surface area contributed by atoms with Gasteiger partial charge in [-0.15, -0.1) is 0 Å². The summed E-state index contributed by atoms with van der Waals surface area (Å²) in [6.45, 7) is 1.92. The van der Waals surface area contributed by atoms with E-state index in [1.807, 2.05) is 17.1 Å². The van der Waals surface area contributed by atoms with Crippen molar-refractivity contribution >= 4 is 15.9 Å². The van der Waals surface area contributed by atoms with Crippen LogP contribution < -0.4 is 5.32 Å². The summed E-state index contributed by atoms with van der Waals surface area (Å²) in [5, 5.41) is 7.81. The smallest absolute Gasteiger partial charge is 0.0659 e. The first-order chi connectivity index (χ1) is 9.29. The average molecular weight is 320 g/mol. The Morgan fingerprint density at radius 3 is 2.58 bits per heavy atom. The Hall–Kier alpha value is -1.13. The van der Waals surface area contributed by atoms with Gasteiger partial charge in [0.05, 0.1) is 17.2 Å². The Bertz CT molecular complexity index is 529. The molecule has 1 fully saturated rings. The second-order valence-corrected chi connectivity index (χ2v) is 6.07. The molecule has 100 valence electrons. The summed E-state index contributed by atoms with van der Waals surface area (Å²) in [4.78, 5) is 0. The van der Waals surface area contributed by atoms with Gasteiger partial charge in [-0.3, -0.25) is 4.68 Å². The fourth-order valence-corrected chi connectivity index (χ4v) is 2.46. The fraction of sp³-hybridized carbons (Fsp3) is 0.400. The summed E-state index contributed by atoms with van der Waals surface area (Å²) < 4.78 is 2.96. The molecule has 19 heavy (non-hydrogen) atoms. The number of aromatic nitrogens is 2.